The number of rotatable bonds is 5. The lowest BCUT2D eigenvalue weighted by atomic mass is 10.1. The van der Waals surface area contributed by atoms with Crippen LogP contribution in [0, 0.1) is 0 Å². The van der Waals surface area contributed by atoms with Crippen molar-refractivity contribution >= 4 is 34.8 Å². The number of hydrogen-bond acceptors (Lipinski definition) is 4. The second-order valence-corrected chi connectivity index (χ2v) is 6.29. The highest BCUT2D eigenvalue weighted by atomic mass is 35.5. The van der Waals surface area contributed by atoms with Gasteiger partial charge in [-0.3, -0.25) is 15.6 Å². The minimum Gasteiger partial charge on any atom is -0.482 e. The zero-order valence-electron chi connectivity index (χ0n) is 12.8. The molecule has 1 saturated heterocycles. The van der Waals surface area contributed by atoms with Gasteiger partial charge in [-0.2, -0.15) is 0 Å². The van der Waals surface area contributed by atoms with Crippen molar-refractivity contribution in [3.63, 3.8) is 0 Å². The van der Waals surface area contributed by atoms with Crippen molar-refractivity contribution in [2.45, 2.75) is 12.5 Å². The SMILES string of the molecule is O=C(COc1ccc(Cl)cc1Cl)Nc1ccc(C2CCNN2)cc1. The van der Waals surface area contributed by atoms with Crippen LogP contribution in [-0.2, 0) is 4.79 Å². The van der Waals surface area contributed by atoms with Gasteiger partial charge >= 0.3 is 0 Å². The molecule has 1 aliphatic rings. The smallest absolute Gasteiger partial charge is 0.262 e. The maximum Gasteiger partial charge on any atom is 0.262 e. The summed E-state index contributed by atoms with van der Waals surface area (Å²) < 4.78 is 5.41. The molecule has 2 aromatic rings. The Hall–Kier alpha value is -1.79. The van der Waals surface area contributed by atoms with Gasteiger partial charge in [-0.15, -0.1) is 0 Å². The van der Waals surface area contributed by atoms with Crippen LogP contribution >= 0.6 is 23.2 Å². The molecule has 2 aromatic carbocycles. The Labute approximate surface area is 150 Å². The zero-order valence-corrected chi connectivity index (χ0v) is 14.3. The van der Waals surface area contributed by atoms with Gasteiger partial charge in [0.15, 0.2) is 6.61 Å². The number of carbonyl (C=O) groups excluding carboxylic acids is 1. The monoisotopic (exact) mass is 365 g/mol. The molecule has 3 rings (SSSR count). The summed E-state index contributed by atoms with van der Waals surface area (Å²) in [5.74, 6) is 0.167. The Morgan fingerprint density at radius 2 is 2.00 bits per heavy atom. The first-order valence-electron chi connectivity index (χ1n) is 7.58. The second kappa shape index (κ2) is 7.85. The molecule has 1 amide bonds. The number of benzene rings is 2. The first-order valence-corrected chi connectivity index (χ1v) is 8.33. The van der Waals surface area contributed by atoms with Crippen LogP contribution in [0.1, 0.15) is 18.0 Å². The third-order valence-electron chi connectivity index (χ3n) is 3.68. The summed E-state index contributed by atoms with van der Waals surface area (Å²) in [6, 6.07) is 12.9. The van der Waals surface area contributed by atoms with Gasteiger partial charge in [-0.1, -0.05) is 35.3 Å². The minimum atomic E-state index is -0.255. The Morgan fingerprint density at radius 1 is 1.21 bits per heavy atom. The van der Waals surface area contributed by atoms with Gasteiger partial charge in [0, 0.05) is 23.3 Å². The lowest BCUT2D eigenvalue weighted by molar-refractivity contribution is -0.118. The Bertz CT molecular complexity index is 716. The third kappa shape index (κ3) is 4.39. The highest BCUT2D eigenvalue weighted by Gasteiger charge is 2.15. The van der Waals surface area contributed by atoms with Gasteiger partial charge in [0.25, 0.3) is 5.91 Å². The molecular weight excluding hydrogens is 349 g/mol. The van der Waals surface area contributed by atoms with Crippen LogP contribution in [0.15, 0.2) is 42.5 Å². The minimum absolute atomic E-state index is 0.128. The second-order valence-electron chi connectivity index (χ2n) is 5.45. The summed E-state index contributed by atoms with van der Waals surface area (Å²) in [6.07, 6.45) is 1.04. The zero-order chi connectivity index (χ0) is 16.9. The summed E-state index contributed by atoms with van der Waals surface area (Å²) in [6.45, 7) is 0.824. The van der Waals surface area contributed by atoms with E-state index in [9.17, 15) is 4.79 Å². The molecule has 1 heterocycles. The summed E-state index contributed by atoms with van der Waals surface area (Å²) in [5.41, 5.74) is 8.21. The molecule has 1 atom stereocenters. The van der Waals surface area contributed by atoms with E-state index >= 15 is 0 Å². The van der Waals surface area contributed by atoms with Crippen LogP contribution < -0.4 is 20.9 Å². The summed E-state index contributed by atoms with van der Waals surface area (Å²) in [4.78, 5) is 12.0. The van der Waals surface area contributed by atoms with Crippen molar-refractivity contribution in [3.8, 4) is 5.75 Å². The number of anilines is 1. The normalized spacial score (nSPS) is 16.8. The van der Waals surface area contributed by atoms with Crippen LogP contribution in [0.2, 0.25) is 10.0 Å². The lowest BCUT2D eigenvalue weighted by Crippen LogP contribution is -2.24. The van der Waals surface area contributed by atoms with E-state index in [1.54, 1.807) is 18.2 Å². The van der Waals surface area contributed by atoms with Crippen LogP contribution in [0.25, 0.3) is 0 Å². The summed E-state index contributed by atoms with van der Waals surface area (Å²) in [5, 5.41) is 3.68. The number of hydrazine groups is 1. The molecule has 0 bridgehead atoms. The van der Waals surface area contributed by atoms with Gasteiger partial charge in [0.05, 0.1) is 5.02 Å². The maximum atomic E-state index is 12.0. The van der Waals surface area contributed by atoms with Gasteiger partial charge < -0.3 is 10.1 Å². The fourth-order valence-corrected chi connectivity index (χ4v) is 2.93. The molecule has 0 aromatic heterocycles. The fraction of sp³-hybridized carbons (Fsp3) is 0.235. The average Bonchev–Trinajstić information content (AvgIpc) is 3.09. The first-order chi connectivity index (χ1) is 11.6. The number of ether oxygens (including phenoxy) is 1. The summed E-state index contributed by atoms with van der Waals surface area (Å²) in [7, 11) is 0. The number of amides is 1. The predicted octanol–water partition coefficient (Wildman–Crippen LogP) is 3.55. The van der Waals surface area contributed by atoms with E-state index in [-0.39, 0.29) is 12.5 Å². The van der Waals surface area contributed by atoms with E-state index in [0.717, 1.165) is 18.7 Å². The van der Waals surface area contributed by atoms with E-state index in [1.165, 1.54) is 5.56 Å². The quantitative estimate of drug-likeness (QED) is 0.758. The molecule has 0 spiro atoms. The largest absolute Gasteiger partial charge is 0.482 e. The standard InChI is InChI=1S/C17H17Cl2N3O2/c18-12-3-6-16(14(19)9-12)24-10-17(23)21-13-4-1-11(2-5-13)15-7-8-20-22-15/h1-6,9,15,20,22H,7-8,10H2,(H,21,23). The van der Waals surface area contributed by atoms with Crippen molar-refractivity contribution in [1.82, 2.24) is 10.9 Å². The first kappa shape index (κ1) is 17.0. The highest BCUT2D eigenvalue weighted by Crippen LogP contribution is 2.27. The van der Waals surface area contributed by atoms with Gasteiger partial charge in [-0.25, -0.2) is 0 Å². The van der Waals surface area contributed by atoms with Crippen molar-refractivity contribution in [3.05, 3.63) is 58.1 Å². The molecule has 1 unspecified atom stereocenters. The van der Waals surface area contributed by atoms with Crippen LogP contribution in [0.5, 0.6) is 5.75 Å². The third-order valence-corrected chi connectivity index (χ3v) is 4.21. The highest BCUT2D eigenvalue weighted by molar-refractivity contribution is 6.35. The molecule has 0 radical (unpaired) electrons. The van der Waals surface area contributed by atoms with Crippen LogP contribution in [-0.4, -0.2) is 19.1 Å². The molecule has 1 fully saturated rings. The molecule has 0 aliphatic carbocycles. The molecule has 1 aliphatic heterocycles. The van der Waals surface area contributed by atoms with Gasteiger partial charge in [0.2, 0.25) is 0 Å². The lowest BCUT2D eigenvalue weighted by Gasteiger charge is -2.12. The molecule has 126 valence electrons. The van der Waals surface area contributed by atoms with E-state index in [1.807, 2.05) is 24.3 Å². The van der Waals surface area contributed by atoms with Crippen LogP contribution in [0.3, 0.4) is 0 Å². The number of halogens is 2. The Kier molecular flexibility index (Phi) is 5.58. The van der Waals surface area contributed by atoms with Crippen molar-refractivity contribution in [2.24, 2.45) is 0 Å². The molecule has 7 heteroatoms. The van der Waals surface area contributed by atoms with E-state index in [4.69, 9.17) is 27.9 Å². The fourth-order valence-electron chi connectivity index (χ4n) is 2.47. The molecule has 0 saturated carbocycles. The topological polar surface area (TPSA) is 62.4 Å². The van der Waals surface area contributed by atoms with Crippen molar-refractivity contribution < 1.29 is 9.53 Å². The average molecular weight is 366 g/mol. The molecule has 5 nitrogen and oxygen atoms in total. The van der Waals surface area contributed by atoms with Crippen LogP contribution in [0.4, 0.5) is 5.69 Å². The van der Waals surface area contributed by atoms with Crippen molar-refractivity contribution in [1.29, 1.82) is 0 Å². The summed E-state index contributed by atoms with van der Waals surface area (Å²) >= 11 is 11.8. The van der Waals surface area contributed by atoms with E-state index < -0.39 is 0 Å². The number of nitrogens with one attached hydrogen (secondary N) is 3. The predicted molar refractivity (Wildman–Crippen MR) is 95.5 cm³/mol. The molecule has 24 heavy (non-hydrogen) atoms. The van der Waals surface area contributed by atoms with Crippen molar-refractivity contribution in [2.75, 3.05) is 18.5 Å². The number of hydrogen-bond donors (Lipinski definition) is 3. The number of carbonyl (C=O) groups is 1. The molecule has 3 N–H and O–H groups in total. The van der Waals surface area contributed by atoms with E-state index in [0.29, 0.717) is 21.8 Å². The van der Waals surface area contributed by atoms with Gasteiger partial charge in [-0.05, 0) is 42.3 Å². The van der Waals surface area contributed by atoms with E-state index in [2.05, 4.69) is 16.2 Å². The Balaban J connectivity index is 1.52. The van der Waals surface area contributed by atoms with Gasteiger partial charge in [0.1, 0.15) is 5.75 Å². The maximum absolute atomic E-state index is 12.0. The Morgan fingerprint density at radius 3 is 2.67 bits per heavy atom. The molecular formula is C17H17Cl2N3O2.